The Bertz CT molecular complexity index is 314. The fourth-order valence-corrected chi connectivity index (χ4v) is 2.10. The molecule has 0 unspecified atom stereocenters. The number of rotatable bonds is 0. The number of benzene rings is 1. The molecular weight excluding hydrogens is 230 g/mol. The first-order valence-corrected chi connectivity index (χ1v) is 5.25. The van der Waals surface area contributed by atoms with Gasteiger partial charge in [0.15, 0.2) is 0 Å². The summed E-state index contributed by atoms with van der Waals surface area (Å²) in [7, 11) is 0. The second kappa shape index (κ2) is 3.68. The Labute approximate surface area is 86.2 Å². The van der Waals surface area contributed by atoms with E-state index in [2.05, 4.69) is 15.9 Å². The zero-order valence-electron chi connectivity index (χ0n) is 7.29. The molecule has 3 heteroatoms. The Morgan fingerprint density at radius 3 is 3.15 bits per heavy atom. The number of para-hydroxylation sites is 1. The minimum absolute atomic E-state index is 0.120. The maximum absolute atomic E-state index is 6.01. The minimum atomic E-state index is 0.120. The normalized spacial score (nSPS) is 21.5. The van der Waals surface area contributed by atoms with Crippen molar-refractivity contribution in [3.05, 3.63) is 28.2 Å². The molecule has 13 heavy (non-hydrogen) atoms. The van der Waals surface area contributed by atoms with Crippen molar-refractivity contribution in [3.8, 4) is 5.75 Å². The molecule has 2 rings (SSSR count). The van der Waals surface area contributed by atoms with E-state index in [0.29, 0.717) is 0 Å². The molecule has 70 valence electrons. The van der Waals surface area contributed by atoms with Crippen molar-refractivity contribution in [1.82, 2.24) is 0 Å². The van der Waals surface area contributed by atoms with E-state index in [9.17, 15) is 0 Å². The molecule has 0 spiro atoms. The molecule has 1 aromatic carbocycles. The van der Waals surface area contributed by atoms with Crippen LogP contribution in [0.4, 0.5) is 0 Å². The number of ether oxygens (including phenoxy) is 1. The number of hydrogen-bond donors (Lipinski definition) is 1. The van der Waals surface area contributed by atoms with E-state index in [1.807, 2.05) is 18.2 Å². The average Bonchev–Trinajstić information content (AvgIpc) is 2.30. The molecule has 0 saturated carbocycles. The van der Waals surface area contributed by atoms with Crippen LogP contribution in [0.3, 0.4) is 0 Å². The van der Waals surface area contributed by atoms with Crippen LogP contribution in [0.15, 0.2) is 22.7 Å². The molecule has 0 radical (unpaired) electrons. The molecule has 1 heterocycles. The zero-order valence-corrected chi connectivity index (χ0v) is 8.88. The fraction of sp³-hybridized carbons (Fsp3) is 0.400. The predicted octanol–water partition coefficient (Wildman–Crippen LogP) is 2.62. The van der Waals surface area contributed by atoms with E-state index < -0.39 is 0 Å². The quantitative estimate of drug-likeness (QED) is 0.758. The van der Waals surface area contributed by atoms with Crippen LogP contribution in [-0.4, -0.2) is 6.61 Å². The summed E-state index contributed by atoms with van der Waals surface area (Å²) in [5.41, 5.74) is 7.13. The van der Waals surface area contributed by atoms with Gasteiger partial charge in [0, 0.05) is 11.6 Å². The van der Waals surface area contributed by atoms with Crippen molar-refractivity contribution in [2.45, 2.75) is 18.9 Å². The number of fused-ring (bicyclic) bond motifs is 1. The Balaban J connectivity index is 2.47. The lowest BCUT2D eigenvalue weighted by atomic mass is 10.0. The Hall–Kier alpha value is -0.540. The largest absolute Gasteiger partial charge is 0.492 e. The molecule has 1 atom stereocenters. The number of nitrogens with two attached hydrogens (primary N) is 1. The van der Waals surface area contributed by atoms with Crippen LogP contribution >= 0.6 is 15.9 Å². The van der Waals surface area contributed by atoms with Crippen LogP contribution in [0.1, 0.15) is 24.4 Å². The van der Waals surface area contributed by atoms with Gasteiger partial charge in [0.25, 0.3) is 0 Å². The molecule has 2 nitrogen and oxygen atoms in total. The summed E-state index contributed by atoms with van der Waals surface area (Å²) >= 11 is 3.46. The monoisotopic (exact) mass is 241 g/mol. The van der Waals surface area contributed by atoms with Gasteiger partial charge in [-0.2, -0.15) is 0 Å². The molecule has 0 fully saturated rings. The van der Waals surface area contributed by atoms with Gasteiger partial charge < -0.3 is 10.5 Å². The smallest absolute Gasteiger partial charge is 0.138 e. The zero-order chi connectivity index (χ0) is 9.26. The Kier molecular flexibility index (Phi) is 2.56. The number of hydrogen-bond acceptors (Lipinski definition) is 2. The van der Waals surface area contributed by atoms with Gasteiger partial charge in [-0.3, -0.25) is 0 Å². The first-order valence-electron chi connectivity index (χ1n) is 4.46. The molecule has 0 saturated heterocycles. The van der Waals surface area contributed by atoms with Gasteiger partial charge in [-0.15, -0.1) is 0 Å². The van der Waals surface area contributed by atoms with Gasteiger partial charge in [0.1, 0.15) is 5.75 Å². The third-order valence-electron chi connectivity index (χ3n) is 2.30. The standard InChI is InChI=1S/C10H12BrNO/c11-8-4-1-3-7-9(12)5-2-6-13-10(7)8/h1,3-4,9H,2,5-6,12H2/t9-/m0/s1. The average molecular weight is 242 g/mol. The second-order valence-electron chi connectivity index (χ2n) is 3.26. The summed E-state index contributed by atoms with van der Waals surface area (Å²) < 4.78 is 6.62. The summed E-state index contributed by atoms with van der Waals surface area (Å²) in [6.45, 7) is 0.767. The molecule has 0 aliphatic carbocycles. The van der Waals surface area contributed by atoms with Crippen molar-refractivity contribution in [2.75, 3.05) is 6.61 Å². The summed E-state index contributed by atoms with van der Waals surface area (Å²) in [6.07, 6.45) is 2.03. The van der Waals surface area contributed by atoms with Crippen molar-refractivity contribution >= 4 is 15.9 Å². The van der Waals surface area contributed by atoms with Crippen molar-refractivity contribution in [2.24, 2.45) is 5.73 Å². The predicted molar refractivity (Wildman–Crippen MR) is 55.8 cm³/mol. The van der Waals surface area contributed by atoms with Gasteiger partial charge >= 0.3 is 0 Å². The maximum Gasteiger partial charge on any atom is 0.138 e. The van der Waals surface area contributed by atoms with Gasteiger partial charge in [-0.1, -0.05) is 12.1 Å². The highest BCUT2D eigenvalue weighted by atomic mass is 79.9. The lowest BCUT2D eigenvalue weighted by molar-refractivity contribution is 0.314. The van der Waals surface area contributed by atoms with Gasteiger partial charge in [0.05, 0.1) is 11.1 Å². The SMILES string of the molecule is N[C@H]1CCCOc2c(Br)cccc21. The van der Waals surface area contributed by atoms with E-state index in [1.165, 1.54) is 0 Å². The van der Waals surface area contributed by atoms with E-state index in [-0.39, 0.29) is 6.04 Å². The minimum Gasteiger partial charge on any atom is -0.492 e. The molecule has 1 aliphatic rings. The van der Waals surface area contributed by atoms with Gasteiger partial charge in [-0.25, -0.2) is 0 Å². The summed E-state index contributed by atoms with van der Waals surface area (Å²) in [5.74, 6) is 0.924. The van der Waals surface area contributed by atoms with E-state index in [4.69, 9.17) is 10.5 Å². The second-order valence-corrected chi connectivity index (χ2v) is 4.11. The van der Waals surface area contributed by atoms with Crippen LogP contribution in [-0.2, 0) is 0 Å². The Morgan fingerprint density at radius 1 is 1.46 bits per heavy atom. The van der Waals surface area contributed by atoms with Crippen molar-refractivity contribution in [1.29, 1.82) is 0 Å². The van der Waals surface area contributed by atoms with Crippen LogP contribution < -0.4 is 10.5 Å². The van der Waals surface area contributed by atoms with E-state index in [1.54, 1.807) is 0 Å². The molecule has 0 aromatic heterocycles. The summed E-state index contributed by atoms with van der Waals surface area (Å²) in [6, 6.07) is 6.14. The van der Waals surface area contributed by atoms with E-state index in [0.717, 1.165) is 35.2 Å². The number of halogens is 1. The molecule has 1 aliphatic heterocycles. The maximum atomic E-state index is 6.01. The Morgan fingerprint density at radius 2 is 2.31 bits per heavy atom. The van der Waals surface area contributed by atoms with Crippen molar-refractivity contribution < 1.29 is 4.74 Å². The van der Waals surface area contributed by atoms with Gasteiger partial charge in [-0.05, 0) is 34.8 Å². The molecule has 0 bridgehead atoms. The van der Waals surface area contributed by atoms with Gasteiger partial charge in [0.2, 0.25) is 0 Å². The molecule has 2 N–H and O–H groups in total. The summed E-state index contributed by atoms with van der Waals surface area (Å²) in [5, 5.41) is 0. The third kappa shape index (κ3) is 1.71. The first kappa shape index (κ1) is 9.03. The summed E-state index contributed by atoms with van der Waals surface area (Å²) in [4.78, 5) is 0. The van der Waals surface area contributed by atoms with Crippen LogP contribution in [0.5, 0.6) is 5.75 Å². The van der Waals surface area contributed by atoms with Crippen LogP contribution in [0.25, 0.3) is 0 Å². The topological polar surface area (TPSA) is 35.2 Å². The van der Waals surface area contributed by atoms with Crippen LogP contribution in [0.2, 0.25) is 0 Å². The first-order chi connectivity index (χ1) is 6.29. The van der Waals surface area contributed by atoms with Crippen molar-refractivity contribution in [3.63, 3.8) is 0 Å². The molecule has 0 amide bonds. The van der Waals surface area contributed by atoms with E-state index >= 15 is 0 Å². The van der Waals surface area contributed by atoms with Crippen LogP contribution in [0, 0.1) is 0 Å². The lowest BCUT2D eigenvalue weighted by Crippen LogP contribution is -2.08. The highest BCUT2D eigenvalue weighted by Crippen LogP contribution is 2.35. The highest BCUT2D eigenvalue weighted by Gasteiger charge is 2.17. The molecule has 1 aromatic rings. The highest BCUT2D eigenvalue weighted by molar-refractivity contribution is 9.10. The fourth-order valence-electron chi connectivity index (χ4n) is 1.60. The third-order valence-corrected chi connectivity index (χ3v) is 2.93. The molecular formula is C10H12BrNO. The lowest BCUT2D eigenvalue weighted by Gasteiger charge is -2.12.